The molecule has 0 aliphatic rings. The third-order valence-electron chi connectivity index (χ3n) is 1.81. The molecule has 0 amide bonds. The molecule has 0 spiro atoms. The zero-order valence-electron chi connectivity index (χ0n) is 10.4. The first-order valence-corrected chi connectivity index (χ1v) is 5.09. The Labute approximate surface area is 132 Å². The first-order chi connectivity index (χ1) is 8.02. The van der Waals surface area contributed by atoms with Crippen LogP contribution >= 0.6 is 11.6 Å². The summed E-state index contributed by atoms with van der Waals surface area (Å²) in [5.41, 5.74) is 0.442. The van der Waals surface area contributed by atoms with E-state index in [1.165, 1.54) is 19.2 Å². The van der Waals surface area contributed by atoms with Crippen LogP contribution in [0.2, 0.25) is 5.02 Å². The predicted octanol–water partition coefficient (Wildman–Crippen LogP) is 1.98. The van der Waals surface area contributed by atoms with Gasteiger partial charge in [-0.15, -0.1) is 5.11 Å². The van der Waals surface area contributed by atoms with Crippen LogP contribution < -0.4 is 4.74 Å². The SMILES string of the molecule is COc1ccc(Cl)cc1N=NN(C)CC(=O)O.[Na]. The summed E-state index contributed by atoms with van der Waals surface area (Å²) in [6.07, 6.45) is 0. The van der Waals surface area contributed by atoms with E-state index in [9.17, 15) is 4.79 Å². The van der Waals surface area contributed by atoms with Gasteiger partial charge in [-0.1, -0.05) is 16.8 Å². The van der Waals surface area contributed by atoms with Gasteiger partial charge >= 0.3 is 5.97 Å². The van der Waals surface area contributed by atoms with E-state index in [4.69, 9.17) is 21.4 Å². The fraction of sp³-hybridized carbons (Fsp3) is 0.300. The Morgan fingerprint density at radius 2 is 2.22 bits per heavy atom. The van der Waals surface area contributed by atoms with Gasteiger partial charge in [0.05, 0.1) is 7.11 Å². The van der Waals surface area contributed by atoms with Crippen molar-refractivity contribution < 1.29 is 14.6 Å². The second-order valence-electron chi connectivity index (χ2n) is 3.22. The zero-order valence-corrected chi connectivity index (χ0v) is 13.2. The first kappa shape index (κ1) is 17.2. The van der Waals surface area contributed by atoms with Crippen molar-refractivity contribution in [2.45, 2.75) is 0 Å². The van der Waals surface area contributed by atoms with Gasteiger partial charge in [-0.2, -0.15) is 0 Å². The standard InChI is InChI=1S/C10H12ClN3O3.Na/c1-14(6-10(15)16)13-12-8-5-7(11)3-4-9(8)17-2;/h3-5H,6H2,1-2H3,(H,15,16);. The van der Waals surface area contributed by atoms with E-state index < -0.39 is 5.97 Å². The van der Waals surface area contributed by atoms with Crippen LogP contribution in [0.25, 0.3) is 0 Å². The van der Waals surface area contributed by atoms with Crippen molar-refractivity contribution >= 4 is 52.8 Å². The smallest absolute Gasteiger partial charge is 0.324 e. The number of hydrogen-bond donors (Lipinski definition) is 1. The van der Waals surface area contributed by atoms with Gasteiger partial charge in [0.1, 0.15) is 18.0 Å². The molecule has 1 aromatic rings. The molecule has 0 atom stereocenters. The van der Waals surface area contributed by atoms with Gasteiger partial charge in [-0.05, 0) is 18.2 Å². The summed E-state index contributed by atoms with van der Waals surface area (Å²) in [4.78, 5) is 10.4. The van der Waals surface area contributed by atoms with E-state index in [0.717, 1.165) is 0 Å². The first-order valence-electron chi connectivity index (χ1n) is 4.71. The van der Waals surface area contributed by atoms with Crippen molar-refractivity contribution in [1.29, 1.82) is 0 Å². The van der Waals surface area contributed by atoms with Crippen molar-refractivity contribution in [2.24, 2.45) is 10.3 Å². The van der Waals surface area contributed by atoms with Crippen molar-refractivity contribution in [1.82, 2.24) is 5.01 Å². The number of ether oxygens (including phenoxy) is 1. The van der Waals surface area contributed by atoms with E-state index in [2.05, 4.69) is 10.3 Å². The van der Waals surface area contributed by atoms with E-state index in [1.807, 2.05) is 0 Å². The molecule has 0 fully saturated rings. The molecule has 0 aliphatic carbocycles. The third-order valence-corrected chi connectivity index (χ3v) is 2.05. The number of carboxylic acids is 1. The third kappa shape index (κ3) is 5.68. The molecule has 93 valence electrons. The second kappa shape index (κ2) is 8.31. The Morgan fingerprint density at radius 3 is 2.78 bits per heavy atom. The molecule has 18 heavy (non-hydrogen) atoms. The van der Waals surface area contributed by atoms with Gasteiger partial charge in [-0.25, -0.2) is 0 Å². The molecule has 0 heterocycles. The van der Waals surface area contributed by atoms with Crippen LogP contribution in [0, 0.1) is 0 Å². The minimum Gasteiger partial charge on any atom is -0.494 e. The van der Waals surface area contributed by atoms with Crippen LogP contribution in [0.5, 0.6) is 5.75 Å². The monoisotopic (exact) mass is 280 g/mol. The van der Waals surface area contributed by atoms with Crippen molar-refractivity contribution in [3.05, 3.63) is 23.2 Å². The summed E-state index contributed by atoms with van der Waals surface area (Å²) < 4.78 is 5.07. The number of halogens is 1. The Hall–Kier alpha value is -0.820. The van der Waals surface area contributed by atoms with Crippen LogP contribution in [0.1, 0.15) is 0 Å². The molecule has 0 bridgehead atoms. The number of carboxylic acid groups (broad SMARTS) is 1. The largest absolute Gasteiger partial charge is 0.494 e. The molecule has 1 radical (unpaired) electrons. The number of carbonyl (C=O) groups is 1. The molecular weight excluding hydrogens is 269 g/mol. The maximum Gasteiger partial charge on any atom is 0.324 e. The molecule has 0 saturated heterocycles. The molecular formula is C10H12ClN3NaO3. The van der Waals surface area contributed by atoms with Gasteiger partial charge in [-0.3, -0.25) is 9.80 Å². The van der Waals surface area contributed by atoms with E-state index in [0.29, 0.717) is 16.5 Å². The number of methoxy groups -OCH3 is 1. The van der Waals surface area contributed by atoms with Crippen molar-refractivity contribution in [3.8, 4) is 5.75 Å². The quantitative estimate of drug-likeness (QED) is 0.508. The van der Waals surface area contributed by atoms with Crippen molar-refractivity contribution in [2.75, 3.05) is 20.7 Å². The predicted molar refractivity (Wildman–Crippen MR) is 68.5 cm³/mol. The van der Waals surface area contributed by atoms with Gasteiger partial charge in [0.2, 0.25) is 0 Å². The number of benzene rings is 1. The van der Waals surface area contributed by atoms with Gasteiger partial charge in [0, 0.05) is 41.6 Å². The molecule has 0 saturated carbocycles. The van der Waals surface area contributed by atoms with Gasteiger partial charge in [0.15, 0.2) is 0 Å². The number of hydrogen-bond acceptors (Lipinski definition) is 4. The maximum atomic E-state index is 10.4. The van der Waals surface area contributed by atoms with E-state index in [-0.39, 0.29) is 36.1 Å². The molecule has 0 aromatic heterocycles. The van der Waals surface area contributed by atoms with Crippen LogP contribution in [-0.4, -0.2) is 66.3 Å². The summed E-state index contributed by atoms with van der Waals surface area (Å²) in [5, 5.41) is 17.8. The maximum absolute atomic E-state index is 10.4. The summed E-state index contributed by atoms with van der Waals surface area (Å²) in [6, 6.07) is 4.91. The molecule has 0 aliphatic heterocycles. The van der Waals surface area contributed by atoms with E-state index >= 15 is 0 Å². The average Bonchev–Trinajstić information content (AvgIpc) is 2.25. The minimum absolute atomic E-state index is 0. The molecule has 6 nitrogen and oxygen atoms in total. The number of aliphatic carboxylic acids is 1. The van der Waals surface area contributed by atoms with Crippen LogP contribution in [-0.2, 0) is 4.79 Å². The summed E-state index contributed by atoms with van der Waals surface area (Å²) in [7, 11) is 3.01. The summed E-state index contributed by atoms with van der Waals surface area (Å²) in [6.45, 7) is -0.230. The van der Waals surface area contributed by atoms with E-state index in [1.54, 1.807) is 18.2 Å². The summed E-state index contributed by atoms with van der Waals surface area (Å²) in [5.74, 6) is -0.466. The summed E-state index contributed by atoms with van der Waals surface area (Å²) >= 11 is 5.81. The van der Waals surface area contributed by atoms with Crippen LogP contribution in [0.4, 0.5) is 5.69 Å². The normalized spacial score (nSPS) is 9.94. The number of rotatable bonds is 5. The fourth-order valence-corrected chi connectivity index (χ4v) is 1.26. The second-order valence-corrected chi connectivity index (χ2v) is 3.65. The molecule has 8 heteroatoms. The van der Waals surface area contributed by atoms with Gasteiger partial charge < -0.3 is 9.84 Å². The Morgan fingerprint density at radius 1 is 1.56 bits per heavy atom. The molecule has 1 rings (SSSR count). The minimum atomic E-state index is -0.982. The topological polar surface area (TPSA) is 74.5 Å². The number of nitrogens with zero attached hydrogens (tertiary/aromatic N) is 3. The zero-order chi connectivity index (χ0) is 12.8. The Kier molecular flexibility index (Phi) is 7.93. The fourth-order valence-electron chi connectivity index (χ4n) is 1.09. The average molecular weight is 281 g/mol. The Bertz CT molecular complexity index is 442. The van der Waals surface area contributed by atoms with Gasteiger partial charge in [0.25, 0.3) is 0 Å². The number of likely N-dealkylation sites (N-methyl/N-ethyl adjacent to an activating group) is 1. The van der Waals surface area contributed by atoms with Crippen LogP contribution in [0.15, 0.2) is 28.5 Å². The molecule has 1 N–H and O–H groups in total. The molecule has 0 unspecified atom stereocenters. The van der Waals surface area contributed by atoms with Crippen molar-refractivity contribution in [3.63, 3.8) is 0 Å². The Balaban J connectivity index is 0.00000289. The van der Waals surface area contributed by atoms with Crippen LogP contribution in [0.3, 0.4) is 0 Å². The molecule has 1 aromatic carbocycles.